The van der Waals surface area contributed by atoms with Gasteiger partial charge in [0, 0.05) is 17.1 Å². The predicted molar refractivity (Wildman–Crippen MR) is 119 cm³/mol. The number of hydrogen-bond donors (Lipinski definition) is 0. The number of thioether (sulfide) groups is 1. The monoisotopic (exact) mass is 453 g/mol. The molecule has 1 saturated heterocycles. The zero-order valence-corrected chi connectivity index (χ0v) is 18.3. The van der Waals surface area contributed by atoms with Crippen LogP contribution in [0, 0.1) is 0 Å². The minimum absolute atomic E-state index is 0.105. The van der Waals surface area contributed by atoms with Crippen molar-refractivity contribution >= 4 is 63.5 Å². The lowest BCUT2D eigenvalue weighted by Gasteiger charge is -2.14. The van der Waals surface area contributed by atoms with Crippen LogP contribution in [-0.2, 0) is 11.4 Å². The summed E-state index contributed by atoms with van der Waals surface area (Å²) in [5, 5.41) is 0.996. The summed E-state index contributed by atoms with van der Waals surface area (Å²) < 4.78 is 11.9. The Kier molecular flexibility index (Phi) is 6.88. The number of ether oxygens (including phenoxy) is 2. The van der Waals surface area contributed by atoms with Crippen molar-refractivity contribution in [3.8, 4) is 11.5 Å². The van der Waals surface area contributed by atoms with Gasteiger partial charge in [-0.2, -0.15) is 0 Å². The van der Waals surface area contributed by atoms with Crippen molar-refractivity contribution in [1.29, 1.82) is 0 Å². The van der Waals surface area contributed by atoms with Gasteiger partial charge in [-0.05, 0) is 36.8 Å². The van der Waals surface area contributed by atoms with Crippen LogP contribution in [0.2, 0.25) is 10.0 Å². The van der Waals surface area contributed by atoms with Gasteiger partial charge in [0.05, 0.1) is 17.0 Å². The van der Waals surface area contributed by atoms with Crippen LogP contribution < -0.4 is 9.47 Å². The van der Waals surface area contributed by atoms with Gasteiger partial charge < -0.3 is 9.47 Å². The summed E-state index contributed by atoms with van der Waals surface area (Å²) in [5.74, 6) is 0.783. The number of carbonyl (C=O) groups is 1. The molecule has 2 aromatic carbocycles. The second-order valence-electron chi connectivity index (χ2n) is 5.84. The van der Waals surface area contributed by atoms with E-state index in [1.54, 1.807) is 29.2 Å². The first-order valence-corrected chi connectivity index (χ1v) is 10.4. The van der Waals surface area contributed by atoms with Crippen LogP contribution in [0.25, 0.3) is 6.08 Å². The molecule has 1 amide bonds. The van der Waals surface area contributed by atoms with Gasteiger partial charge in [-0.3, -0.25) is 9.69 Å². The number of rotatable bonds is 6. The molecule has 28 heavy (non-hydrogen) atoms. The molecule has 8 heteroatoms. The number of thiocarbonyl (C=S) groups is 1. The standard InChI is InChI=1S/C20H17Cl2NO3S2/c1-3-23-19(24)17(28-20(23)27)10-12-8-15(22)18(16(9-12)25-2)26-11-13-6-4-5-7-14(13)21/h4-10H,3,11H2,1-2H3/b17-10-. The molecule has 0 bridgehead atoms. The summed E-state index contributed by atoms with van der Waals surface area (Å²) in [5.41, 5.74) is 1.57. The normalized spacial score (nSPS) is 15.4. The van der Waals surface area contributed by atoms with E-state index in [1.165, 1.54) is 18.9 Å². The lowest BCUT2D eigenvalue weighted by molar-refractivity contribution is -0.121. The molecule has 1 aliphatic rings. The Morgan fingerprint density at radius 1 is 1.21 bits per heavy atom. The molecule has 3 rings (SSSR count). The molecule has 1 aliphatic heterocycles. The largest absolute Gasteiger partial charge is 0.493 e. The van der Waals surface area contributed by atoms with Crippen molar-refractivity contribution in [2.75, 3.05) is 13.7 Å². The summed E-state index contributed by atoms with van der Waals surface area (Å²) in [6.45, 7) is 2.68. The maximum Gasteiger partial charge on any atom is 0.266 e. The molecule has 0 radical (unpaired) electrons. The van der Waals surface area contributed by atoms with Crippen molar-refractivity contribution in [3.05, 3.63) is 62.5 Å². The first-order chi connectivity index (χ1) is 13.4. The van der Waals surface area contributed by atoms with E-state index in [1.807, 2.05) is 25.1 Å². The molecule has 1 heterocycles. The van der Waals surface area contributed by atoms with Crippen LogP contribution in [0.5, 0.6) is 11.5 Å². The highest BCUT2D eigenvalue weighted by atomic mass is 35.5. The second-order valence-corrected chi connectivity index (χ2v) is 8.33. The van der Waals surface area contributed by atoms with Crippen molar-refractivity contribution < 1.29 is 14.3 Å². The number of carbonyl (C=O) groups excluding carboxylic acids is 1. The third kappa shape index (κ3) is 4.46. The van der Waals surface area contributed by atoms with E-state index in [-0.39, 0.29) is 12.5 Å². The Morgan fingerprint density at radius 3 is 2.61 bits per heavy atom. The van der Waals surface area contributed by atoms with E-state index >= 15 is 0 Å². The number of nitrogens with zero attached hydrogens (tertiary/aromatic N) is 1. The molecular weight excluding hydrogens is 437 g/mol. The fourth-order valence-corrected chi connectivity index (χ4v) is 4.50. The molecule has 0 saturated carbocycles. The zero-order chi connectivity index (χ0) is 20.3. The smallest absolute Gasteiger partial charge is 0.266 e. The first kappa shape index (κ1) is 21.0. The maximum absolute atomic E-state index is 12.4. The van der Waals surface area contributed by atoms with Gasteiger partial charge in [-0.25, -0.2) is 0 Å². The molecule has 0 atom stereocenters. The van der Waals surface area contributed by atoms with Crippen LogP contribution >= 0.6 is 47.2 Å². The van der Waals surface area contributed by atoms with Gasteiger partial charge in [-0.15, -0.1) is 0 Å². The van der Waals surface area contributed by atoms with Gasteiger partial charge in [0.1, 0.15) is 10.9 Å². The second kappa shape index (κ2) is 9.18. The van der Waals surface area contributed by atoms with Crippen molar-refractivity contribution in [1.82, 2.24) is 4.90 Å². The van der Waals surface area contributed by atoms with E-state index in [0.717, 1.165) is 11.1 Å². The van der Waals surface area contributed by atoms with Crippen LogP contribution in [0.4, 0.5) is 0 Å². The number of likely N-dealkylation sites (N-methyl/N-ethyl adjacent to an activating group) is 1. The fourth-order valence-electron chi connectivity index (χ4n) is 2.65. The molecule has 2 aromatic rings. The quantitative estimate of drug-likeness (QED) is 0.407. The van der Waals surface area contributed by atoms with Crippen LogP contribution in [0.15, 0.2) is 41.3 Å². The van der Waals surface area contributed by atoms with Crippen LogP contribution in [0.1, 0.15) is 18.1 Å². The third-order valence-electron chi connectivity index (χ3n) is 4.07. The van der Waals surface area contributed by atoms with E-state index in [4.69, 9.17) is 44.9 Å². The number of halogens is 2. The van der Waals surface area contributed by atoms with Crippen molar-refractivity contribution in [3.63, 3.8) is 0 Å². The van der Waals surface area contributed by atoms with Crippen molar-refractivity contribution in [2.24, 2.45) is 0 Å². The number of amides is 1. The van der Waals surface area contributed by atoms with Crippen molar-refractivity contribution in [2.45, 2.75) is 13.5 Å². The molecular formula is C20H17Cl2NO3S2. The number of methoxy groups -OCH3 is 1. The highest BCUT2D eigenvalue weighted by molar-refractivity contribution is 8.26. The maximum atomic E-state index is 12.4. The summed E-state index contributed by atoms with van der Waals surface area (Å²) >= 11 is 19.1. The minimum Gasteiger partial charge on any atom is -0.493 e. The molecule has 0 spiro atoms. The van der Waals surface area contributed by atoms with Gasteiger partial charge >= 0.3 is 0 Å². The van der Waals surface area contributed by atoms with Crippen LogP contribution in [0.3, 0.4) is 0 Å². The predicted octanol–water partition coefficient (Wildman–Crippen LogP) is 5.80. The van der Waals surface area contributed by atoms with E-state index < -0.39 is 0 Å². The Bertz CT molecular complexity index is 962. The molecule has 146 valence electrons. The molecule has 0 unspecified atom stereocenters. The Labute approximate surface area is 183 Å². The van der Waals surface area contributed by atoms with Gasteiger partial charge in [0.15, 0.2) is 11.5 Å². The lowest BCUT2D eigenvalue weighted by Crippen LogP contribution is -2.27. The lowest BCUT2D eigenvalue weighted by atomic mass is 10.1. The van der Waals surface area contributed by atoms with E-state index in [0.29, 0.717) is 37.3 Å². The summed E-state index contributed by atoms with van der Waals surface area (Å²) in [7, 11) is 1.54. The number of benzene rings is 2. The summed E-state index contributed by atoms with van der Waals surface area (Å²) in [6, 6.07) is 10.9. The van der Waals surface area contributed by atoms with Gasteiger partial charge in [-0.1, -0.05) is 65.4 Å². The summed E-state index contributed by atoms with van der Waals surface area (Å²) in [6.07, 6.45) is 1.75. The van der Waals surface area contributed by atoms with Gasteiger partial charge in [0.25, 0.3) is 5.91 Å². The minimum atomic E-state index is -0.105. The molecule has 0 aliphatic carbocycles. The van der Waals surface area contributed by atoms with E-state index in [2.05, 4.69) is 0 Å². The molecule has 0 N–H and O–H groups in total. The third-order valence-corrected chi connectivity index (χ3v) is 6.10. The zero-order valence-electron chi connectivity index (χ0n) is 15.2. The average molecular weight is 454 g/mol. The topological polar surface area (TPSA) is 38.8 Å². The molecule has 4 nitrogen and oxygen atoms in total. The highest BCUT2D eigenvalue weighted by Gasteiger charge is 2.30. The number of hydrogen-bond acceptors (Lipinski definition) is 5. The van der Waals surface area contributed by atoms with E-state index in [9.17, 15) is 4.79 Å². The Morgan fingerprint density at radius 2 is 1.96 bits per heavy atom. The Hall–Kier alpha value is -1.73. The SMILES string of the molecule is CCN1C(=O)/C(=C/c2cc(Cl)c(OCc3ccccc3Cl)c(OC)c2)SC1=S. The summed E-state index contributed by atoms with van der Waals surface area (Å²) in [4.78, 5) is 14.5. The first-order valence-electron chi connectivity index (χ1n) is 8.43. The van der Waals surface area contributed by atoms with Gasteiger partial charge in [0.2, 0.25) is 0 Å². The Balaban J connectivity index is 1.86. The van der Waals surface area contributed by atoms with Crippen LogP contribution in [-0.4, -0.2) is 28.8 Å². The molecule has 1 fully saturated rings. The average Bonchev–Trinajstić information content (AvgIpc) is 2.94. The fraction of sp³-hybridized carbons (Fsp3) is 0.200. The molecule has 0 aromatic heterocycles. The highest BCUT2D eigenvalue weighted by Crippen LogP contribution is 2.39.